The fourth-order valence-electron chi connectivity index (χ4n) is 2.75. The monoisotopic (exact) mass is 407 g/mol. The van der Waals surface area contributed by atoms with Gasteiger partial charge in [0.05, 0.1) is 43.7 Å². The van der Waals surface area contributed by atoms with Crippen molar-refractivity contribution in [3.05, 3.63) is 29.6 Å². The minimum atomic E-state index is 0.573. The third-order valence-electron chi connectivity index (χ3n) is 3.94. The zero-order valence-corrected chi connectivity index (χ0v) is 15.6. The van der Waals surface area contributed by atoms with E-state index in [2.05, 4.69) is 45.5 Å². The summed E-state index contributed by atoms with van der Waals surface area (Å²) in [6, 6.07) is 0. The second kappa shape index (κ2) is 5.70. The fraction of sp³-hybridized carbons (Fsp3) is 0. The summed E-state index contributed by atoms with van der Waals surface area (Å²) in [4.78, 5) is 13.5. The normalized spacial score (nSPS) is 11.7. The zero-order chi connectivity index (χ0) is 17.8. The van der Waals surface area contributed by atoms with E-state index < -0.39 is 0 Å². The van der Waals surface area contributed by atoms with Crippen LogP contribution < -0.4 is 0 Å². The van der Waals surface area contributed by atoms with Crippen LogP contribution in [0.2, 0.25) is 0 Å². The Balaban J connectivity index is 1.61. The zero-order valence-electron chi connectivity index (χ0n) is 13.1. The number of fused-ring (bicyclic) bond motifs is 3. The van der Waals surface area contributed by atoms with Gasteiger partial charge in [-0.2, -0.15) is 15.3 Å². The average molecular weight is 407 g/mol. The fourth-order valence-corrected chi connectivity index (χ4v) is 5.12. The second-order valence-electron chi connectivity index (χ2n) is 5.44. The SMILES string of the molecule is c1nc2c(-c3nnc(-c4nc5cnncc5s4)c4scnc34)nncc2s1. The van der Waals surface area contributed by atoms with Crippen LogP contribution in [-0.2, 0) is 0 Å². The van der Waals surface area contributed by atoms with E-state index in [-0.39, 0.29) is 0 Å². The van der Waals surface area contributed by atoms with Crippen LogP contribution in [0.15, 0.2) is 29.6 Å². The van der Waals surface area contributed by atoms with Gasteiger partial charge in [0.15, 0.2) is 0 Å². The highest BCUT2D eigenvalue weighted by atomic mass is 32.1. The summed E-state index contributed by atoms with van der Waals surface area (Å²) in [6.45, 7) is 0. The molecule has 6 rings (SSSR count). The van der Waals surface area contributed by atoms with Crippen molar-refractivity contribution in [3.63, 3.8) is 0 Å². The summed E-state index contributed by atoms with van der Waals surface area (Å²) in [5, 5.41) is 25.7. The summed E-state index contributed by atoms with van der Waals surface area (Å²) in [5.41, 5.74) is 7.64. The van der Waals surface area contributed by atoms with Crippen molar-refractivity contribution in [3.8, 4) is 22.1 Å². The van der Waals surface area contributed by atoms with Crippen LogP contribution >= 0.6 is 34.0 Å². The Labute approximate surface area is 161 Å². The molecule has 0 N–H and O–H groups in total. The molecule has 0 radical (unpaired) electrons. The van der Waals surface area contributed by atoms with Crippen molar-refractivity contribution in [2.24, 2.45) is 0 Å². The van der Waals surface area contributed by atoms with E-state index in [4.69, 9.17) is 0 Å². The van der Waals surface area contributed by atoms with Crippen LogP contribution in [0.4, 0.5) is 0 Å². The van der Waals surface area contributed by atoms with Gasteiger partial charge in [0.1, 0.15) is 38.6 Å². The molecule has 12 heteroatoms. The van der Waals surface area contributed by atoms with E-state index in [1.807, 2.05) is 0 Å². The van der Waals surface area contributed by atoms with Crippen LogP contribution in [0.25, 0.3) is 52.7 Å². The quantitative estimate of drug-likeness (QED) is 0.426. The van der Waals surface area contributed by atoms with E-state index in [9.17, 15) is 0 Å². The highest BCUT2D eigenvalue weighted by molar-refractivity contribution is 7.22. The van der Waals surface area contributed by atoms with Crippen molar-refractivity contribution in [1.82, 2.24) is 45.5 Å². The molecule has 128 valence electrons. The highest BCUT2D eigenvalue weighted by Gasteiger charge is 2.21. The number of hydrogen-bond donors (Lipinski definition) is 0. The number of hydrogen-bond acceptors (Lipinski definition) is 12. The molecule has 9 nitrogen and oxygen atoms in total. The van der Waals surface area contributed by atoms with E-state index >= 15 is 0 Å². The molecule has 6 aromatic heterocycles. The van der Waals surface area contributed by atoms with Gasteiger partial charge in [-0.25, -0.2) is 15.0 Å². The Morgan fingerprint density at radius 1 is 0.667 bits per heavy atom. The molecule has 0 unspecified atom stereocenters. The second-order valence-corrected chi connectivity index (χ2v) is 8.22. The first kappa shape index (κ1) is 15.0. The topological polar surface area (TPSA) is 116 Å². The summed E-state index contributed by atoms with van der Waals surface area (Å²) in [6.07, 6.45) is 5.03. The Morgan fingerprint density at radius 3 is 2.41 bits per heavy atom. The molecule has 0 atom stereocenters. The summed E-state index contributed by atoms with van der Waals surface area (Å²) < 4.78 is 2.79. The van der Waals surface area contributed by atoms with Crippen LogP contribution in [-0.4, -0.2) is 45.5 Å². The third kappa shape index (κ3) is 2.24. The van der Waals surface area contributed by atoms with Gasteiger partial charge < -0.3 is 0 Å². The van der Waals surface area contributed by atoms with Crippen LogP contribution in [0, 0.1) is 0 Å². The van der Waals surface area contributed by atoms with Crippen molar-refractivity contribution in [2.45, 2.75) is 0 Å². The third-order valence-corrected chi connectivity index (χ3v) is 6.55. The predicted molar refractivity (Wildman–Crippen MR) is 104 cm³/mol. The molecule has 0 aliphatic heterocycles. The van der Waals surface area contributed by atoms with Gasteiger partial charge in [-0.3, -0.25) is 0 Å². The lowest BCUT2D eigenvalue weighted by Crippen LogP contribution is -1.97. The van der Waals surface area contributed by atoms with Crippen molar-refractivity contribution < 1.29 is 0 Å². The maximum Gasteiger partial charge on any atom is 0.146 e. The van der Waals surface area contributed by atoms with Crippen LogP contribution in [0.5, 0.6) is 0 Å². The molecule has 0 spiro atoms. The lowest BCUT2D eigenvalue weighted by Gasteiger charge is -2.02. The van der Waals surface area contributed by atoms with Crippen molar-refractivity contribution >= 4 is 64.7 Å². The molecule has 0 saturated heterocycles. The molecule has 0 saturated carbocycles. The Morgan fingerprint density at radius 2 is 1.44 bits per heavy atom. The smallest absolute Gasteiger partial charge is 0.146 e. The van der Waals surface area contributed by atoms with E-state index in [1.165, 1.54) is 34.0 Å². The van der Waals surface area contributed by atoms with Gasteiger partial charge in [-0.05, 0) is 0 Å². The van der Waals surface area contributed by atoms with Gasteiger partial charge in [-0.15, -0.1) is 49.3 Å². The first-order chi connectivity index (χ1) is 13.4. The maximum absolute atomic E-state index is 4.61. The number of nitrogens with zero attached hydrogens (tertiary/aromatic N) is 9. The molecule has 0 aliphatic rings. The van der Waals surface area contributed by atoms with E-state index in [0.717, 1.165) is 35.7 Å². The first-order valence-corrected chi connectivity index (χ1v) is 10.2. The molecule has 0 fully saturated rings. The summed E-state index contributed by atoms with van der Waals surface area (Å²) in [7, 11) is 0. The predicted octanol–water partition coefficient (Wildman–Crippen LogP) is 3.22. The van der Waals surface area contributed by atoms with Gasteiger partial charge in [0, 0.05) is 0 Å². The standard InChI is InChI=1S/C15H5N9S3/c1-6-7(2-19-18-1)27-15(21-6)13-14-12(17-5-26-14)11(23-24-13)10-9-8(3-20-22-10)25-4-16-9/h1-5H. The maximum atomic E-state index is 4.61. The number of thiazole rings is 3. The minimum Gasteiger partial charge on any atom is -0.242 e. The van der Waals surface area contributed by atoms with Gasteiger partial charge in [0.25, 0.3) is 0 Å². The van der Waals surface area contributed by atoms with Crippen molar-refractivity contribution in [1.29, 1.82) is 0 Å². The lowest BCUT2D eigenvalue weighted by molar-refractivity contribution is 1.01. The molecule has 0 amide bonds. The largest absolute Gasteiger partial charge is 0.242 e. The Kier molecular flexibility index (Phi) is 3.17. The van der Waals surface area contributed by atoms with Gasteiger partial charge in [0.2, 0.25) is 0 Å². The molecule has 6 aromatic rings. The first-order valence-electron chi connectivity index (χ1n) is 7.61. The minimum absolute atomic E-state index is 0.573. The Bertz CT molecular complexity index is 1420. The number of rotatable bonds is 2. The summed E-state index contributed by atoms with van der Waals surface area (Å²) in [5.74, 6) is 0. The summed E-state index contributed by atoms with van der Waals surface area (Å²) >= 11 is 4.50. The molecule has 0 bridgehead atoms. The van der Waals surface area contributed by atoms with Crippen molar-refractivity contribution in [2.75, 3.05) is 0 Å². The highest BCUT2D eigenvalue weighted by Crippen LogP contribution is 2.37. The van der Waals surface area contributed by atoms with E-state index in [0.29, 0.717) is 17.1 Å². The Hall–Kier alpha value is -3.09. The molecular weight excluding hydrogens is 402 g/mol. The van der Waals surface area contributed by atoms with E-state index in [1.54, 1.807) is 29.6 Å². The molecule has 6 heterocycles. The molecule has 27 heavy (non-hydrogen) atoms. The van der Waals surface area contributed by atoms with Crippen LogP contribution in [0.3, 0.4) is 0 Å². The van der Waals surface area contributed by atoms with Gasteiger partial charge >= 0.3 is 0 Å². The molecule has 0 aliphatic carbocycles. The van der Waals surface area contributed by atoms with Gasteiger partial charge in [-0.1, -0.05) is 0 Å². The average Bonchev–Trinajstić information content (AvgIpc) is 3.45. The van der Waals surface area contributed by atoms with Crippen LogP contribution in [0.1, 0.15) is 0 Å². The molecule has 0 aromatic carbocycles. The number of aromatic nitrogens is 9. The lowest BCUT2D eigenvalue weighted by atomic mass is 10.2. The molecular formula is C15H5N9S3.